The van der Waals surface area contributed by atoms with Crippen LogP contribution in [-0.2, 0) is 4.79 Å². The molecule has 1 saturated heterocycles. The van der Waals surface area contributed by atoms with E-state index in [2.05, 4.69) is 20.6 Å². The summed E-state index contributed by atoms with van der Waals surface area (Å²) in [5, 5.41) is 15.0. The average molecular weight is 290 g/mol. The van der Waals surface area contributed by atoms with Crippen LogP contribution >= 0.6 is 0 Å². The third-order valence-electron chi connectivity index (χ3n) is 3.41. The van der Waals surface area contributed by atoms with Crippen LogP contribution in [0, 0.1) is 0 Å². The summed E-state index contributed by atoms with van der Waals surface area (Å²) < 4.78 is 0. The largest absolute Gasteiger partial charge is 0.392 e. The number of nitrogens with one attached hydrogen (secondary N) is 4. The fraction of sp³-hybridized carbons (Fsp3) is 0.308. The molecule has 0 saturated carbocycles. The number of fused-ring (bicyclic) bond motifs is 1. The molecule has 1 fully saturated rings. The van der Waals surface area contributed by atoms with Crippen LogP contribution in [0.5, 0.6) is 0 Å². The number of H-pyrrole nitrogens is 2. The number of rotatable bonds is 2. The predicted molar refractivity (Wildman–Crippen MR) is 76.2 cm³/mol. The molecule has 8 heteroatoms. The Bertz CT molecular complexity index is 810. The number of aromatic nitrogens is 2. The van der Waals surface area contributed by atoms with Gasteiger partial charge in [0.15, 0.2) is 0 Å². The molecule has 0 bridgehead atoms. The van der Waals surface area contributed by atoms with Gasteiger partial charge in [-0.2, -0.15) is 0 Å². The van der Waals surface area contributed by atoms with E-state index < -0.39 is 23.3 Å². The maximum Gasteiger partial charge on any atom is 0.314 e. The number of aliphatic hydroxyl groups is 1. The Morgan fingerprint density at radius 2 is 1.90 bits per heavy atom. The highest BCUT2D eigenvalue weighted by atomic mass is 16.3. The van der Waals surface area contributed by atoms with Crippen molar-refractivity contribution in [2.75, 3.05) is 11.9 Å². The number of amides is 1. The summed E-state index contributed by atoms with van der Waals surface area (Å²) in [5.41, 5.74) is -0.0581. The van der Waals surface area contributed by atoms with Gasteiger partial charge in [0, 0.05) is 12.2 Å². The highest BCUT2D eigenvalue weighted by Crippen LogP contribution is 2.15. The third-order valence-corrected chi connectivity index (χ3v) is 3.41. The van der Waals surface area contributed by atoms with Gasteiger partial charge in [0.25, 0.3) is 0 Å². The van der Waals surface area contributed by atoms with Gasteiger partial charge in [0.1, 0.15) is 0 Å². The molecule has 2 atom stereocenters. The quantitative estimate of drug-likeness (QED) is 0.448. The van der Waals surface area contributed by atoms with E-state index in [9.17, 15) is 19.5 Å². The van der Waals surface area contributed by atoms with Gasteiger partial charge < -0.3 is 25.7 Å². The van der Waals surface area contributed by atoms with E-state index in [1.54, 1.807) is 18.2 Å². The Labute approximate surface area is 118 Å². The van der Waals surface area contributed by atoms with E-state index in [1.807, 2.05) is 0 Å². The third kappa shape index (κ3) is 2.71. The van der Waals surface area contributed by atoms with Gasteiger partial charge in [-0.1, -0.05) is 0 Å². The Hall–Kier alpha value is -2.45. The van der Waals surface area contributed by atoms with Crippen LogP contribution < -0.4 is 21.8 Å². The van der Waals surface area contributed by atoms with Gasteiger partial charge in [-0.15, -0.1) is 0 Å². The molecule has 0 aliphatic carbocycles. The van der Waals surface area contributed by atoms with Gasteiger partial charge in [0.05, 0.1) is 23.2 Å². The van der Waals surface area contributed by atoms with E-state index in [1.165, 1.54) is 0 Å². The van der Waals surface area contributed by atoms with E-state index in [4.69, 9.17) is 0 Å². The van der Waals surface area contributed by atoms with Crippen LogP contribution in [0.1, 0.15) is 6.42 Å². The van der Waals surface area contributed by atoms with Crippen LogP contribution in [0.2, 0.25) is 0 Å². The summed E-state index contributed by atoms with van der Waals surface area (Å²) >= 11 is 0. The number of hydrogen-bond donors (Lipinski definition) is 5. The number of β-amino-alcohol motifs (C(OH)–C–C–N with tert-alkyl or cyclic N) is 1. The van der Waals surface area contributed by atoms with Crippen molar-refractivity contribution in [3.63, 3.8) is 0 Å². The van der Waals surface area contributed by atoms with Crippen LogP contribution in [0.3, 0.4) is 0 Å². The maximum atomic E-state index is 12.0. The second-order valence-electron chi connectivity index (χ2n) is 5.01. The number of hydrogen-bond acceptors (Lipinski definition) is 5. The lowest BCUT2D eigenvalue weighted by molar-refractivity contribution is -0.117. The van der Waals surface area contributed by atoms with Gasteiger partial charge in [-0.05, 0) is 24.6 Å². The zero-order valence-corrected chi connectivity index (χ0v) is 11.0. The maximum absolute atomic E-state index is 12.0. The Kier molecular flexibility index (Phi) is 3.32. The Morgan fingerprint density at radius 3 is 2.57 bits per heavy atom. The van der Waals surface area contributed by atoms with Crippen LogP contribution in [0.4, 0.5) is 5.69 Å². The molecule has 1 aliphatic heterocycles. The average Bonchev–Trinajstić information content (AvgIpc) is 2.87. The standard InChI is InChI=1S/C13H14N4O4/c18-7-4-10(14-5-7)11(19)15-6-1-2-8-9(3-6)17-13(21)12(20)16-8/h1-3,7,10,14,18H,4-5H2,(H,15,19)(H,16,20)(H,17,21). The normalized spacial score (nSPS) is 21.6. The van der Waals surface area contributed by atoms with Crippen molar-refractivity contribution in [3.8, 4) is 0 Å². The summed E-state index contributed by atoms with van der Waals surface area (Å²) in [6.45, 7) is 0.393. The molecule has 1 aromatic heterocycles. The number of benzene rings is 1. The van der Waals surface area contributed by atoms with Gasteiger partial charge >= 0.3 is 11.1 Å². The number of anilines is 1. The topological polar surface area (TPSA) is 127 Å². The van der Waals surface area contributed by atoms with Crippen molar-refractivity contribution in [3.05, 3.63) is 38.9 Å². The lowest BCUT2D eigenvalue weighted by atomic mass is 10.2. The molecule has 1 amide bonds. The summed E-state index contributed by atoms with van der Waals surface area (Å²) in [4.78, 5) is 39.4. The molecule has 0 spiro atoms. The highest BCUT2D eigenvalue weighted by Gasteiger charge is 2.27. The monoisotopic (exact) mass is 290 g/mol. The SMILES string of the molecule is O=C(Nc1ccc2[nH]c(=O)c(=O)[nH]c2c1)C1CC(O)CN1. The second kappa shape index (κ2) is 5.15. The number of aliphatic hydroxyl groups excluding tert-OH is 1. The second-order valence-corrected chi connectivity index (χ2v) is 5.01. The first-order valence-electron chi connectivity index (χ1n) is 6.51. The molecule has 8 nitrogen and oxygen atoms in total. The molecule has 1 aliphatic rings. The molecular formula is C13H14N4O4. The zero-order valence-electron chi connectivity index (χ0n) is 11.0. The molecular weight excluding hydrogens is 276 g/mol. The van der Waals surface area contributed by atoms with Crippen molar-refractivity contribution in [1.29, 1.82) is 0 Å². The number of carbonyl (C=O) groups excluding carboxylic acids is 1. The summed E-state index contributed by atoms with van der Waals surface area (Å²) in [7, 11) is 0. The molecule has 2 unspecified atom stereocenters. The summed E-state index contributed by atoms with van der Waals surface area (Å²) in [5.74, 6) is -0.252. The van der Waals surface area contributed by atoms with Crippen molar-refractivity contribution < 1.29 is 9.90 Å². The Morgan fingerprint density at radius 1 is 1.19 bits per heavy atom. The molecule has 1 aromatic carbocycles. The minimum atomic E-state index is -0.744. The lowest BCUT2D eigenvalue weighted by Crippen LogP contribution is -2.35. The van der Waals surface area contributed by atoms with Gasteiger partial charge in [0.2, 0.25) is 5.91 Å². The van der Waals surface area contributed by atoms with Gasteiger partial charge in [-0.25, -0.2) is 0 Å². The first-order chi connectivity index (χ1) is 10.0. The molecule has 5 N–H and O–H groups in total. The van der Waals surface area contributed by atoms with Crippen molar-refractivity contribution in [2.45, 2.75) is 18.6 Å². The summed E-state index contributed by atoms with van der Waals surface area (Å²) in [6.07, 6.45) is -0.150. The minimum Gasteiger partial charge on any atom is -0.392 e. The van der Waals surface area contributed by atoms with Crippen LogP contribution in [0.25, 0.3) is 11.0 Å². The van der Waals surface area contributed by atoms with E-state index in [0.717, 1.165) is 0 Å². The van der Waals surface area contributed by atoms with Crippen LogP contribution in [0.15, 0.2) is 27.8 Å². The molecule has 3 rings (SSSR count). The lowest BCUT2D eigenvalue weighted by Gasteiger charge is -2.11. The van der Waals surface area contributed by atoms with E-state index >= 15 is 0 Å². The van der Waals surface area contributed by atoms with E-state index in [0.29, 0.717) is 29.7 Å². The number of carbonyl (C=O) groups is 1. The molecule has 2 aromatic rings. The van der Waals surface area contributed by atoms with Crippen molar-refractivity contribution >= 4 is 22.6 Å². The Balaban J connectivity index is 1.84. The van der Waals surface area contributed by atoms with Crippen LogP contribution in [-0.4, -0.2) is 39.7 Å². The first kappa shape index (κ1) is 13.5. The fourth-order valence-electron chi connectivity index (χ4n) is 2.34. The molecule has 110 valence electrons. The molecule has 2 heterocycles. The summed E-state index contributed by atoms with van der Waals surface area (Å²) in [6, 6.07) is 4.35. The fourth-order valence-corrected chi connectivity index (χ4v) is 2.34. The smallest absolute Gasteiger partial charge is 0.314 e. The van der Waals surface area contributed by atoms with E-state index in [-0.39, 0.29) is 5.91 Å². The molecule has 0 radical (unpaired) electrons. The van der Waals surface area contributed by atoms with Crippen molar-refractivity contribution in [2.24, 2.45) is 0 Å². The predicted octanol–water partition coefficient (Wildman–Crippen LogP) is -1.12. The first-order valence-corrected chi connectivity index (χ1v) is 6.51. The number of aromatic amines is 2. The minimum absolute atomic E-state index is 0.252. The highest BCUT2D eigenvalue weighted by molar-refractivity contribution is 5.96. The zero-order chi connectivity index (χ0) is 15.0. The van der Waals surface area contributed by atoms with Gasteiger partial charge in [-0.3, -0.25) is 14.4 Å². The molecule has 21 heavy (non-hydrogen) atoms. The van der Waals surface area contributed by atoms with Crippen molar-refractivity contribution in [1.82, 2.24) is 15.3 Å².